The Balaban J connectivity index is 0.000000218. The number of nitrogens with zero attached hydrogens (tertiary/aromatic N) is 3. The van der Waals surface area contributed by atoms with Gasteiger partial charge >= 0.3 is 6.01 Å². The van der Waals surface area contributed by atoms with Crippen LogP contribution in [0.5, 0.6) is 0 Å². The Hall–Kier alpha value is -3.94. The summed E-state index contributed by atoms with van der Waals surface area (Å²) in [6, 6.07) is 45.7. The summed E-state index contributed by atoms with van der Waals surface area (Å²) in [4.78, 5) is 4.22. The molecule has 0 bridgehead atoms. The minimum Gasteiger partial charge on any atom is -0.305 e. The van der Waals surface area contributed by atoms with E-state index in [0.29, 0.717) is 0 Å². The average Bonchev–Trinajstić information content (AvgIpc) is 3.50. The molecule has 0 saturated carbocycles. The first-order chi connectivity index (χ1) is 19.6. The quantitative estimate of drug-likeness (QED) is 0.132. The van der Waals surface area contributed by atoms with E-state index in [9.17, 15) is 0 Å². The van der Waals surface area contributed by atoms with Crippen LogP contribution in [0.2, 0.25) is 0 Å². The van der Waals surface area contributed by atoms with Crippen LogP contribution in [0.3, 0.4) is 0 Å². The van der Waals surface area contributed by atoms with Gasteiger partial charge in [-0.25, -0.2) is 0 Å². The molecule has 0 spiro atoms. The zero-order chi connectivity index (χ0) is 27.5. The number of pyridine rings is 1. The molecule has 7 rings (SSSR count). The minimum atomic E-state index is -0.00306. The number of benzene rings is 4. The number of hydrogen-bond acceptors (Lipinski definition) is 1. The van der Waals surface area contributed by atoms with Crippen molar-refractivity contribution < 1.29 is 24.7 Å². The van der Waals surface area contributed by atoms with Crippen molar-refractivity contribution in [3.05, 3.63) is 133 Å². The minimum absolute atomic E-state index is 0. The van der Waals surface area contributed by atoms with Gasteiger partial charge in [-0.05, 0) is 22.7 Å². The van der Waals surface area contributed by atoms with Crippen LogP contribution in [0.15, 0.2) is 109 Å². The van der Waals surface area contributed by atoms with E-state index < -0.39 is 0 Å². The fourth-order valence-electron chi connectivity index (χ4n) is 5.61. The molecule has 2 heterocycles. The van der Waals surface area contributed by atoms with Gasteiger partial charge in [0.25, 0.3) is 11.4 Å². The van der Waals surface area contributed by atoms with Crippen LogP contribution < -0.4 is 4.58 Å². The number of fused-ring (bicyclic) bond motifs is 4. The average molecular weight is 712 g/mol. The number of para-hydroxylation sites is 2. The second-order valence-electron chi connectivity index (χ2n) is 10.7. The largest absolute Gasteiger partial charge is 0.494 e. The summed E-state index contributed by atoms with van der Waals surface area (Å²) in [6.07, 6.45) is 4.12. The molecule has 205 valence electrons. The molecular weight excluding hydrogens is 679 g/mol. The van der Waals surface area contributed by atoms with Gasteiger partial charge in [-0.15, -0.1) is 53.1 Å². The molecule has 1 aromatic heterocycles. The molecule has 3 nitrogen and oxygen atoms in total. The number of unbranched alkanes of at least 4 members (excludes halogenated alkanes) is 1. The van der Waals surface area contributed by atoms with Gasteiger partial charge in [0, 0.05) is 44.9 Å². The maximum atomic E-state index is 4.22. The first kappa shape index (κ1) is 28.6. The molecule has 0 fully saturated rings. The molecule has 41 heavy (non-hydrogen) atoms. The molecule has 5 aromatic rings. The molecule has 0 unspecified atom stereocenters. The molecule has 2 aliphatic rings. The van der Waals surface area contributed by atoms with Gasteiger partial charge in [-0.1, -0.05) is 96.5 Å². The molecule has 0 N–H and O–H groups in total. The van der Waals surface area contributed by atoms with Gasteiger partial charge < -0.3 is 4.98 Å². The predicted octanol–water partition coefficient (Wildman–Crippen LogP) is 8.81. The van der Waals surface area contributed by atoms with Crippen molar-refractivity contribution in [2.45, 2.75) is 39.0 Å². The van der Waals surface area contributed by atoms with Gasteiger partial charge in [-0.2, -0.15) is 6.07 Å². The Labute approximate surface area is 256 Å². The zero-order valence-corrected chi connectivity index (χ0v) is 26.1. The summed E-state index contributed by atoms with van der Waals surface area (Å²) in [5.74, 6) is 0. The Morgan fingerprint density at radius 3 is 2.32 bits per heavy atom. The normalized spacial score (nSPS) is 13.4. The van der Waals surface area contributed by atoms with Crippen molar-refractivity contribution in [3.63, 3.8) is 0 Å². The topological polar surface area (TPSA) is 18.9 Å². The summed E-state index contributed by atoms with van der Waals surface area (Å²) in [5.41, 5.74) is 10.9. The zero-order valence-electron chi connectivity index (χ0n) is 23.7. The van der Waals surface area contributed by atoms with Crippen LogP contribution in [0.1, 0.15) is 44.7 Å². The van der Waals surface area contributed by atoms with E-state index in [1.165, 1.54) is 40.0 Å². The molecule has 4 aromatic carbocycles. The number of hydrogen-bond donors (Lipinski definition) is 0. The van der Waals surface area contributed by atoms with Crippen LogP contribution in [-0.4, -0.2) is 22.1 Å². The van der Waals surface area contributed by atoms with E-state index in [2.05, 4.69) is 114 Å². The van der Waals surface area contributed by atoms with Gasteiger partial charge in [-0.3, -0.25) is 0 Å². The SMILES string of the molecule is CCCC[N+]1=C=[N+](c2[c-]cc3c(c2)C(C)(C)c2ccccc2-3)c2ccccc21.[Ir].[c-]1ccccc1-c1ccccn1. The summed E-state index contributed by atoms with van der Waals surface area (Å²) in [7, 11) is 0. The second-order valence-corrected chi connectivity index (χ2v) is 10.7. The van der Waals surface area contributed by atoms with Crippen LogP contribution in [0, 0.1) is 12.1 Å². The van der Waals surface area contributed by atoms with Crippen LogP contribution >= 0.6 is 0 Å². The molecule has 0 saturated heterocycles. The van der Waals surface area contributed by atoms with Crippen molar-refractivity contribution in [1.29, 1.82) is 0 Å². The maximum Gasteiger partial charge on any atom is 0.494 e. The van der Waals surface area contributed by atoms with E-state index in [1.54, 1.807) is 6.20 Å². The third-order valence-electron chi connectivity index (χ3n) is 7.76. The molecule has 0 atom stereocenters. The Kier molecular flexibility index (Phi) is 8.57. The van der Waals surface area contributed by atoms with E-state index in [1.807, 2.05) is 42.5 Å². The first-order valence-corrected chi connectivity index (χ1v) is 14.0. The molecule has 0 amide bonds. The standard InChI is InChI=1S/C26H25N2.C11H8N.Ir/c1-4-5-16-27-18-28(25-13-9-8-12-24(25)27)19-14-15-21-20-10-6-7-11-22(20)26(2,3)23(21)17-19;1-2-6-10(7-3-1)11-8-4-5-9-12-11;/h6-13,15,17H,4-5,16H2,1-3H3;1-6,8-9H;/q+1;-1;. The van der Waals surface area contributed by atoms with Gasteiger partial charge in [0.05, 0.1) is 0 Å². The van der Waals surface area contributed by atoms with E-state index in [0.717, 1.165) is 29.9 Å². The van der Waals surface area contributed by atoms with Crippen molar-refractivity contribution in [2.75, 3.05) is 6.54 Å². The molecule has 1 aliphatic heterocycles. The fourth-order valence-corrected chi connectivity index (χ4v) is 5.61. The number of aromatic nitrogens is 1. The van der Waals surface area contributed by atoms with Gasteiger partial charge in [0.1, 0.15) is 5.69 Å². The smallest absolute Gasteiger partial charge is 0.305 e. The predicted molar refractivity (Wildman–Crippen MR) is 164 cm³/mol. The molecule has 1 radical (unpaired) electrons. The van der Waals surface area contributed by atoms with Crippen molar-refractivity contribution in [2.24, 2.45) is 0 Å². The molecule has 1 aliphatic carbocycles. The van der Waals surface area contributed by atoms with Crippen molar-refractivity contribution in [3.8, 4) is 22.4 Å². The molecule has 4 heteroatoms. The third kappa shape index (κ3) is 5.52. The summed E-state index contributed by atoms with van der Waals surface area (Å²) in [5, 5.41) is 0. The Bertz CT molecular complexity index is 1700. The second kappa shape index (κ2) is 12.3. The van der Waals surface area contributed by atoms with Crippen LogP contribution in [-0.2, 0) is 25.5 Å². The van der Waals surface area contributed by atoms with Crippen LogP contribution in [0.25, 0.3) is 22.4 Å². The van der Waals surface area contributed by atoms with E-state index in [4.69, 9.17) is 0 Å². The Morgan fingerprint density at radius 2 is 1.56 bits per heavy atom. The number of rotatable bonds is 5. The van der Waals surface area contributed by atoms with Gasteiger partial charge in [0.2, 0.25) is 0 Å². The Morgan fingerprint density at radius 1 is 0.805 bits per heavy atom. The maximum absolute atomic E-state index is 4.22. The van der Waals surface area contributed by atoms with Crippen molar-refractivity contribution >= 4 is 23.1 Å². The summed E-state index contributed by atoms with van der Waals surface area (Å²) in [6.45, 7) is 7.86. The summed E-state index contributed by atoms with van der Waals surface area (Å²) >= 11 is 0. The van der Waals surface area contributed by atoms with E-state index in [-0.39, 0.29) is 25.5 Å². The third-order valence-corrected chi connectivity index (χ3v) is 7.76. The van der Waals surface area contributed by atoms with E-state index >= 15 is 0 Å². The molecular formula is C37H33IrN3. The fraction of sp³-hybridized carbons (Fsp3) is 0.189. The van der Waals surface area contributed by atoms with Gasteiger partial charge in [0.15, 0.2) is 6.54 Å². The summed E-state index contributed by atoms with van der Waals surface area (Å²) < 4.78 is 4.42. The first-order valence-electron chi connectivity index (χ1n) is 14.0. The van der Waals surface area contributed by atoms with Crippen molar-refractivity contribution in [1.82, 2.24) is 9.56 Å². The van der Waals surface area contributed by atoms with Crippen LogP contribution in [0.4, 0.5) is 17.1 Å². The monoisotopic (exact) mass is 712 g/mol.